The zero-order valence-corrected chi connectivity index (χ0v) is 18.0. The molecule has 0 bridgehead atoms. The van der Waals surface area contributed by atoms with Crippen molar-refractivity contribution in [2.24, 2.45) is 5.73 Å². The Labute approximate surface area is 157 Å². The average molecular weight is 473 g/mol. The lowest BCUT2D eigenvalue weighted by atomic mass is 10.1. The van der Waals surface area contributed by atoms with Crippen LogP contribution in [0.25, 0.3) is 0 Å². The van der Waals surface area contributed by atoms with Gasteiger partial charge in [-0.05, 0) is 87.9 Å². The van der Waals surface area contributed by atoms with Crippen LogP contribution in [0, 0.1) is 9.39 Å². The summed E-state index contributed by atoms with van der Waals surface area (Å²) < 4.78 is 43.6. The van der Waals surface area contributed by atoms with E-state index >= 15 is 0 Å². The summed E-state index contributed by atoms with van der Waals surface area (Å²) >= 11 is 2.00. The van der Waals surface area contributed by atoms with Crippen LogP contribution in [0.1, 0.15) is 53.1 Å². The van der Waals surface area contributed by atoms with Gasteiger partial charge in [-0.1, -0.05) is 0 Å². The van der Waals surface area contributed by atoms with Crippen LogP contribution in [-0.4, -0.2) is 17.8 Å². The summed E-state index contributed by atoms with van der Waals surface area (Å²) in [6.07, 6.45) is 0. The standard InChI is InChI=1S/C16H26FINO4P/c1-15(2,3)22-24(20,23-16(4,5)6)21-10-14(19)11-7-12(17)9-13(18)8-11/h7-9,14H,10,19H2,1-6H3. The van der Waals surface area contributed by atoms with Gasteiger partial charge in [-0.15, -0.1) is 0 Å². The lowest BCUT2D eigenvalue weighted by molar-refractivity contribution is 0.00178. The third kappa shape index (κ3) is 8.36. The monoisotopic (exact) mass is 473 g/mol. The largest absolute Gasteiger partial charge is 0.475 e. The lowest BCUT2D eigenvalue weighted by Crippen LogP contribution is -2.26. The van der Waals surface area contributed by atoms with Gasteiger partial charge in [-0.2, -0.15) is 0 Å². The Bertz CT molecular complexity index is 573. The molecule has 0 aliphatic carbocycles. The van der Waals surface area contributed by atoms with Crippen molar-refractivity contribution in [3.8, 4) is 0 Å². The van der Waals surface area contributed by atoms with Gasteiger partial charge in [0.25, 0.3) is 0 Å². The van der Waals surface area contributed by atoms with Gasteiger partial charge in [0.15, 0.2) is 0 Å². The van der Waals surface area contributed by atoms with E-state index in [0.717, 1.165) is 3.57 Å². The molecule has 1 rings (SSSR count). The van der Waals surface area contributed by atoms with Crippen molar-refractivity contribution in [3.63, 3.8) is 0 Å². The molecule has 0 radical (unpaired) electrons. The highest BCUT2D eigenvalue weighted by molar-refractivity contribution is 14.1. The first kappa shape index (κ1) is 22.0. The molecule has 2 N–H and O–H groups in total. The Hall–Kier alpha value is -0.0500. The number of halogens is 2. The molecule has 0 fully saturated rings. The average Bonchev–Trinajstić information content (AvgIpc) is 2.30. The van der Waals surface area contributed by atoms with Crippen LogP contribution in [0.5, 0.6) is 0 Å². The second kappa shape index (κ2) is 8.10. The van der Waals surface area contributed by atoms with Gasteiger partial charge >= 0.3 is 7.82 Å². The van der Waals surface area contributed by atoms with Crippen LogP contribution in [0.3, 0.4) is 0 Å². The number of phosphoric ester groups is 1. The SMILES string of the molecule is CC(C)(C)OP(=O)(OCC(N)c1cc(F)cc(I)c1)OC(C)(C)C. The van der Waals surface area contributed by atoms with Crippen LogP contribution in [0.4, 0.5) is 4.39 Å². The predicted octanol–water partition coefficient (Wildman–Crippen LogP) is 5.19. The van der Waals surface area contributed by atoms with Crippen LogP contribution < -0.4 is 5.73 Å². The fourth-order valence-corrected chi connectivity index (χ4v) is 4.28. The molecule has 1 aromatic rings. The maximum atomic E-state index is 13.5. The van der Waals surface area contributed by atoms with Crippen molar-refractivity contribution in [2.75, 3.05) is 6.61 Å². The van der Waals surface area contributed by atoms with Gasteiger partial charge in [0.05, 0.1) is 23.9 Å². The van der Waals surface area contributed by atoms with Crippen molar-refractivity contribution in [3.05, 3.63) is 33.1 Å². The molecule has 24 heavy (non-hydrogen) atoms. The molecule has 5 nitrogen and oxygen atoms in total. The second-order valence-corrected chi connectivity index (χ2v) is 10.2. The number of rotatable bonds is 6. The summed E-state index contributed by atoms with van der Waals surface area (Å²) in [6, 6.07) is 3.82. The van der Waals surface area contributed by atoms with Gasteiger partial charge in [-0.25, -0.2) is 8.96 Å². The van der Waals surface area contributed by atoms with Crippen LogP contribution >= 0.6 is 30.4 Å². The molecule has 0 saturated carbocycles. The highest BCUT2D eigenvalue weighted by Gasteiger charge is 2.37. The molecule has 1 unspecified atom stereocenters. The Morgan fingerprint density at radius 2 is 1.62 bits per heavy atom. The summed E-state index contributed by atoms with van der Waals surface area (Å²) in [5.74, 6) is -0.382. The van der Waals surface area contributed by atoms with E-state index in [9.17, 15) is 8.96 Å². The van der Waals surface area contributed by atoms with E-state index in [1.54, 1.807) is 47.6 Å². The van der Waals surface area contributed by atoms with E-state index in [4.69, 9.17) is 19.3 Å². The zero-order valence-electron chi connectivity index (χ0n) is 14.9. The molecular formula is C16H26FINO4P. The second-order valence-electron chi connectivity index (χ2n) is 7.46. The molecule has 0 spiro atoms. The highest BCUT2D eigenvalue weighted by Crippen LogP contribution is 2.55. The Kier molecular flexibility index (Phi) is 7.42. The highest BCUT2D eigenvalue weighted by atomic mass is 127. The number of nitrogens with two attached hydrogens (primary N) is 1. The first-order valence-electron chi connectivity index (χ1n) is 7.57. The van der Waals surface area contributed by atoms with Crippen molar-refractivity contribution in [2.45, 2.75) is 58.8 Å². The summed E-state index contributed by atoms with van der Waals surface area (Å²) in [4.78, 5) is 0. The first-order valence-corrected chi connectivity index (χ1v) is 10.1. The van der Waals surface area contributed by atoms with E-state index in [-0.39, 0.29) is 12.4 Å². The maximum Gasteiger partial charge on any atom is 0.475 e. The molecule has 0 heterocycles. The molecule has 1 aromatic carbocycles. The number of hydrogen-bond donors (Lipinski definition) is 1. The van der Waals surface area contributed by atoms with Crippen molar-refractivity contribution < 1.29 is 22.5 Å². The summed E-state index contributed by atoms with van der Waals surface area (Å²) in [7, 11) is -3.84. The summed E-state index contributed by atoms with van der Waals surface area (Å²) in [5.41, 5.74) is 5.15. The van der Waals surface area contributed by atoms with Crippen molar-refractivity contribution >= 4 is 30.4 Å². The molecule has 0 aromatic heterocycles. The smallest absolute Gasteiger partial charge is 0.322 e. The minimum atomic E-state index is -3.84. The first-order chi connectivity index (χ1) is 10.7. The molecular weight excluding hydrogens is 447 g/mol. The fourth-order valence-electron chi connectivity index (χ4n) is 1.80. The minimum Gasteiger partial charge on any atom is -0.322 e. The van der Waals surface area contributed by atoms with Crippen molar-refractivity contribution in [1.82, 2.24) is 0 Å². The van der Waals surface area contributed by atoms with Crippen LogP contribution in [-0.2, 0) is 18.1 Å². The quantitative estimate of drug-likeness (QED) is 0.455. The number of hydrogen-bond acceptors (Lipinski definition) is 5. The van der Waals surface area contributed by atoms with Crippen LogP contribution in [0.2, 0.25) is 0 Å². The molecule has 0 aliphatic rings. The Balaban J connectivity index is 2.89. The molecule has 8 heteroatoms. The van der Waals surface area contributed by atoms with E-state index < -0.39 is 25.1 Å². The van der Waals surface area contributed by atoms with E-state index in [1.807, 2.05) is 22.6 Å². The normalized spacial score (nSPS) is 14.7. The third-order valence-corrected chi connectivity index (χ3v) is 5.13. The Morgan fingerprint density at radius 1 is 1.12 bits per heavy atom. The van der Waals surface area contributed by atoms with Gasteiger partial charge < -0.3 is 5.73 Å². The van der Waals surface area contributed by atoms with E-state index in [2.05, 4.69) is 0 Å². The number of phosphoric acid groups is 1. The fraction of sp³-hybridized carbons (Fsp3) is 0.625. The molecule has 1 atom stereocenters. The third-order valence-electron chi connectivity index (χ3n) is 2.50. The van der Waals surface area contributed by atoms with Gasteiger partial charge in [0.2, 0.25) is 0 Å². The summed E-state index contributed by atoms with van der Waals surface area (Å²) in [5, 5.41) is 0. The topological polar surface area (TPSA) is 70.8 Å². The molecule has 0 amide bonds. The van der Waals surface area contributed by atoms with Gasteiger partial charge in [-0.3, -0.25) is 13.6 Å². The molecule has 0 aliphatic heterocycles. The van der Waals surface area contributed by atoms with Gasteiger partial charge in [0.1, 0.15) is 5.82 Å². The van der Waals surface area contributed by atoms with Gasteiger partial charge in [0, 0.05) is 3.57 Å². The predicted molar refractivity (Wildman–Crippen MR) is 101 cm³/mol. The van der Waals surface area contributed by atoms with Crippen molar-refractivity contribution in [1.29, 1.82) is 0 Å². The zero-order chi connectivity index (χ0) is 18.8. The van der Waals surface area contributed by atoms with E-state index in [1.165, 1.54) is 12.1 Å². The molecule has 138 valence electrons. The van der Waals surface area contributed by atoms with E-state index in [0.29, 0.717) is 5.56 Å². The molecule has 0 saturated heterocycles. The maximum absolute atomic E-state index is 13.5. The Morgan fingerprint density at radius 3 is 2.04 bits per heavy atom. The van der Waals surface area contributed by atoms with Crippen LogP contribution in [0.15, 0.2) is 18.2 Å². The lowest BCUT2D eigenvalue weighted by Gasteiger charge is -2.31. The minimum absolute atomic E-state index is 0.122. The number of benzene rings is 1. The summed E-state index contributed by atoms with van der Waals surface area (Å²) in [6.45, 7) is 10.4.